The molecule has 0 saturated carbocycles. The van der Waals surface area contributed by atoms with E-state index in [1.807, 2.05) is 13.0 Å². The van der Waals surface area contributed by atoms with Gasteiger partial charge in [0.05, 0.1) is 6.61 Å². The highest BCUT2D eigenvalue weighted by Crippen LogP contribution is 2.35. The van der Waals surface area contributed by atoms with Crippen LogP contribution in [0.4, 0.5) is 0 Å². The van der Waals surface area contributed by atoms with Crippen LogP contribution in [0.1, 0.15) is 50.3 Å². The summed E-state index contributed by atoms with van der Waals surface area (Å²) in [6.45, 7) is 7.47. The molecule has 1 aliphatic heterocycles. The zero-order valence-corrected chi connectivity index (χ0v) is 18.4. The van der Waals surface area contributed by atoms with Gasteiger partial charge >= 0.3 is 5.97 Å². The highest BCUT2D eigenvalue weighted by molar-refractivity contribution is 5.76. The Morgan fingerprint density at radius 3 is 2.50 bits per heavy atom. The number of carbonyl (C=O) groups is 1. The third kappa shape index (κ3) is 6.16. The van der Waals surface area contributed by atoms with Crippen LogP contribution >= 0.6 is 0 Å². The molecule has 162 valence electrons. The number of nitrogens with zero attached hydrogens (tertiary/aromatic N) is 1. The molecular formula is C26H36N2O2. The Balaban J connectivity index is 1.50. The summed E-state index contributed by atoms with van der Waals surface area (Å²) in [7, 11) is 0. The monoisotopic (exact) mass is 408 g/mol. The molecule has 2 aromatic carbocycles. The summed E-state index contributed by atoms with van der Waals surface area (Å²) in [5.41, 5.74) is 2.63. The number of benzene rings is 2. The average molecular weight is 409 g/mol. The Morgan fingerprint density at radius 1 is 1.10 bits per heavy atom. The first-order valence-corrected chi connectivity index (χ1v) is 11.4. The van der Waals surface area contributed by atoms with Crippen LogP contribution < -0.4 is 5.32 Å². The van der Waals surface area contributed by atoms with Crippen molar-refractivity contribution in [1.82, 2.24) is 10.2 Å². The van der Waals surface area contributed by atoms with Crippen molar-refractivity contribution in [3.63, 3.8) is 0 Å². The molecule has 2 aromatic rings. The molecule has 0 aliphatic carbocycles. The Bertz CT molecular complexity index is 750. The minimum absolute atomic E-state index is 0.0557. The summed E-state index contributed by atoms with van der Waals surface area (Å²) in [5, 5.41) is 3.56. The summed E-state index contributed by atoms with van der Waals surface area (Å²) in [5.74, 6) is 0.311. The Kier molecular flexibility index (Phi) is 8.91. The summed E-state index contributed by atoms with van der Waals surface area (Å²) in [6.07, 6.45) is 4.26. The fraction of sp³-hybridized carbons (Fsp3) is 0.500. The third-order valence-electron chi connectivity index (χ3n) is 6.23. The number of esters is 1. The van der Waals surface area contributed by atoms with Crippen LogP contribution in [0.5, 0.6) is 0 Å². The molecule has 1 saturated heterocycles. The summed E-state index contributed by atoms with van der Waals surface area (Å²) in [6, 6.07) is 21.1. The van der Waals surface area contributed by atoms with Crippen LogP contribution in [0, 0.1) is 5.92 Å². The maximum Gasteiger partial charge on any atom is 0.323 e. The van der Waals surface area contributed by atoms with Gasteiger partial charge < -0.3 is 10.1 Å². The standard InChI is InChI=1S/C26H36N2O2/c1-3-30-26(29)25-24(15-10-18-27-19-16-22-11-6-4-7-12-22)17-20-28(25)21(2)23-13-8-5-9-14-23/h4-9,11-14,21,24-25,27H,3,10,15-20H2,1-2H3/t21?,24-,25+/m1/s1. The molecule has 0 amide bonds. The number of hydrogen-bond donors (Lipinski definition) is 1. The van der Waals surface area contributed by atoms with E-state index in [4.69, 9.17) is 4.74 Å². The van der Waals surface area contributed by atoms with Crippen LogP contribution in [0.2, 0.25) is 0 Å². The van der Waals surface area contributed by atoms with Crippen LogP contribution in [-0.2, 0) is 16.0 Å². The van der Waals surface area contributed by atoms with Gasteiger partial charge in [0.25, 0.3) is 0 Å². The molecule has 1 N–H and O–H groups in total. The fourth-order valence-electron chi connectivity index (χ4n) is 4.59. The van der Waals surface area contributed by atoms with Crippen molar-refractivity contribution in [2.45, 2.75) is 51.6 Å². The van der Waals surface area contributed by atoms with Crippen molar-refractivity contribution in [1.29, 1.82) is 0 Å². The van der Waals surface area contributed by atoms with Gasteiger partial charge in [-0.05, 0) is 76.2 Å². The van der Waals surface area contributed by atoms with E-state index in [1.54, 1.807) is 0 Å². The van der Waals surface area contributed by atoms with Crippen molar-refractivity contribution in [2.75, 3.05) is 26.2 Å². The van der Waals surface area contributed by atoms with Gasteiger partial charge in [0, 0.05) is 6.04 Å². The average Bonchev–Trinajstić information content (AvgIpc) is 3.21. The van der Waals surface area contributed by atoms with E-state index in [9.17, 15) is 4.79 Å². The molecule has 4 nitrogen and oxygen atoms in total. The van der Waals surface area contributed by atoms with Gasteiger partial charge in [0.2, 0.25) is 0 Å². The maximum absolute atomic E-state index is 12.8. The first-order valence-electron chi connectivity index (χ1n) is 11.4. The highest BCUT2D eigenvalue weighted by Gasteiger charge is 2.42. The highest BCUT2D eigenvalue weighted by atomic mass is 16.5. The molecule has 1 fully saturated rings. The van der Waals surface area contributed by atoms with Gasteiger partial charge in [-0.1, -0.05) is 60.7 Å². The smallest absolute Gasteiger partial charge is 0.323 e. The summed E-state index contributed by atoms with van der Waals surface area (Å²) in [4.78, 5) is 15.2. The first-order chi connectivity index (χ1) is 14.7. The Labute approximate surface area is 181 Å². The molecule has 4 heteroatoms. The van der Waals surface area contributed by atoms with Crippen LogP contribution in [0.25, 0.3) is 0 Å². The van der Waals surface area contributed by atoms with Crippen molar-refractivity contribution in [3.8, 4) is 0 Å². The van der Waals surface area contributed by atoms with E-state index in [0.29, 0.717) is 12.5 Å². The lowest BCUT2D eigenvalue weighted by atomic mass is 9.94. The van der Waals surface area contributed by atoms with Crippen molar-refractivity contribution >= 4 is 5.97 Å². The topological polar surface area (TPSA) is 41.6 Å². The molecule has 0 aromatic heterocycles. The number of likely N-dealkylation sites (tertiary alicyclic amines) is 1. The second-order valence-corrected chi connectivity index (χ2v) is 8.20. The van der Waals surface area contributed by atoms with Crippen LogP contribution in [0.3, 0.4) is 0 Å². The predicted octanol–water partition coefficient (Wildman–Crippen LogP) is 4.61. The van der Waals surface area contributed by atoms with E-state index in [1.165, 1.54) is 11.1 Å². The predicted molar refractivity (Wildman–Crippen MR) is 122 cm³/mol. The minimum Gasteiger partial charge on any atom is -0.465 e. The summed E-state index contributed by atoms with van der Waals surface area (Å²) >= 11 is 0. The van der Waals surface area contributed by atoms with Gasteiger partial charge in [0.15, 0.2) is 0 Å². The quantitative estimate of drug-likeness (QED) is 0.435. The summed E-state index contributed by atoms with van der Waals surface area (Å²) < 4.78 is 5.47. The Morgan fingerprint density at radius 2 is 1.80 bits per heavy atom. The molecule has 1 unspecified atom stereocenters. The van der Waals surface area contributed by atoms with Gasteiger partial charge in [-0.3, -0.25) is 9.69 Å². The molecule has 3 rings (SSSR count). The lowest BCUT2D eigenvalue weighted by Crippen LogP contribution is -2.42. The van der Waals surface area contributed by atoms with Crippen molar-refractivity contribution < 1.29 is 9.53 Å². The van der Waals surface area contributed by atoms with Crippen molar-refractivity contribution in [2.24, 2.45) is 5.92 Å². The lowest BCUT2D eigenvalue weighted by Gasteiger charge is -2.31. The Hall–Kier alpha value is -2.17. The number of rotatable bonds is 11. The zero-order chi connectivity index (χ0) is 21.2. The van der Waals surface area contributed by atoms with E-state index < -0.39 is 0 Å². The van der Waals surface area contributed by atoms with E-state index in [2.05, 4.69) is 71.7 Å². The van der Waals surface area contributed by atoms with Gasteiger partial charge in [0.1, 0.15) is 6.04 Å². The van der Waals surface area contributed by atoms with Gasteiger partial charge in [-0.2, -0.15) is 0 Å². The second-order valence-electron chi connectivity index (χ2n) is 8.20. The number of carbonyl (C=O) groups excluding carboxylic acids is 1. The fourth-order valence-corrected chi connectivity index (χ4v) is 4.59. The van der Waals surface area contributed by atoms with Crippen LogP contribution in [-0.4, -0.2) is 43.2 Å². The van der Waals surface area contributed by atoms with E-state index in [0.717, 1.165) is 45.3 Å². The molecular weight excluding hydrogens is 372 g/mol. The first kappa shape index (κ1) is 22.5. The van der Waals surface area contributed by atoms with Crippen molar-refractivity contribution in [3.05, 3.63) is 71.8 Å². The van der Waals surface area contributed by atoms with Crippen LogP contribution in [0.15, 0.2) is 60.7 Å². The SMILES string of the molecule is CCOC(=O)[C@@H]1[C@H](CCCNCCc2ccccc2)CCN1C(C)c1ccccc1. The second kappa shape index (κ2) is 11.9. The molecule has 30 heavy (non-hydrogen) atoms. The minimum atomic E-state index is -0.135. The largest absolute Gasteiger partial charge is 0.465 e. The third-order valence-corrected chi connectivity index (χ3v) is 6.23. The molecule has 1 heterocycles. The van der Waals surface area contributed by atoms with E-state index in [-0.39, 0.29) is 18.1 Å². The van der Waals surface area contributed by atoms with E-state index >= 15 is 0 Å². The zero-order valence-electron chi connectivity index (χ0n) is 18.4. The maximum atomic E-state index is 12.8. The molecule has 0 spiro atoms. The lowest BCUT2D eigenvalue weighted by molar-refractivity contribution is -0.150. The number of ether oxygens (including phenoxy) is 1. The molecule has 3 atom stereocenters. The number of nitrogens with one attached hydrogen (secondary N) is 1. The molecule has 0 radical (unpaired) electrons. The molecule has 0 bridgehead atoms. The van der Waals surface area contributed by atoms with Gasteiger partial charge in [-0.15, -0.1) is 0 Å². The van der Waals surface area contributed by atoms with Gasteiger partial charge in [-0.25, -0.2) is 0 Å². The number of hydrogen-bond acceptors (Lipinski definition) is 4. The normalized spacial score (nSPS) is 20.2. The molecule has 1 aliphatic rings.